The Balaban J connectivity index is 1.21. The molecule has 1 aliphatic carbocycles. The highest BCUT2D eigenvalue weighted by Crippen LogP contribution is 2.51. The molecule has 49 heavy (non-hydrogen) atoms. The summed E-state index contributed by atoms with van der Waals surface area (Å²) in [6.07, 6.45) is 5.03. The van der Waals surface area contributed by atoms with Crippen molar-refractivity contribution in [1.29, 1.82) is 0 Å². The van der Waals surface area contributed by atoms with Crippen molar-refractivity contribution < 1.29 is 9.47 Å². The lowest BCUT2D eigenvalue weighted by Gasteiger charge is -2.37. The molecule has 0 radical (unpaired) electrons. The van der Waals surface area contributed by atoms with Gasteiger partial charge in [0.1, 0.15) is 22.9 Å². The molecule has 0 saturated carbocycles. The quantitative estimate of drug-likeness (QED) is 0.191. The number of rotatable bonds is 4. The molecule has 5 nitrogen and oxygen atoms in total. The van der Waals surface area contributed by atoms with Gasteiger partial charge < -0.3 is 9.47 Å². The molecule has 0 fully saturated rings. The SMILES string of the molecule is Cc1ccc2c(c1)c1ccc(Oc3cc(C4=N[C@]5(C)CCCc6ccccc6[C@]5(C)O4)c(C)cc3C)cc1n2-c1cc(C(C)(C)C)ccn1. The van der Waals surface area contributed by atoms with E-state index in [2.05, 4.69) is 145 Å². The first-order valence-electron chi connectivity index (χ1n) is 17.5. The monoisotopic (exact) mass is 647 g/mol. The van der Waals surface area contributed by atoms with Crippen LogP contribution in [-0.4, -0.2) is 21.0 Å². The fourth-order valence-electron chi connectivity index (χ4n) is 7.97. The lowest BCUT2D eigenvalue weighted by Crippen LogP contribution is -2.43. The predicted octanol–water partition coefficient (Wildman–Crippen LogP) is 11.0. The molecule has 6 aromatic rings. The number of hydrogen-bond acceptors (Lipinski definition) is 4. The second kappa shape index (κ2) is 11.1. The summed E-state index contributed by atoms with van der Waals surface area (Å²) in [6, 6.07) is 30.4. The van der Waals surface area contributed by atoms with Gasteiger partial charge in [-0.15, -0.1) is 0 Å². The number of benzene rings is 4. The fourth-order valence-corrected chi connectivity index (χ4v) is 7.97. The second-order valence-electron chi connectivity index (χ2n) is 15.6. The van der Waals surface area contributed by atoms with E-state index < -0.39 is 5.60 Å². The van der Waals surface area contributed by atoms with Crippen molar-refractivity contribution in [3.8, 4) is 17.3 Å². The van der Waals surface area contributed by atoms with E-state index in [1.54, 1.807) is 0 Å². The third-order valence-electron chi connectivity index (χ3n) is 11.0. The summed E-state index contributed by atoms with van der Waals surface area (Å²) >= 11 is 0. The van der Waals surface area contributed by atoms with Crippen molar-refractivity contribution in [1.82, 2.24) is 9.55 Å². The van der Waals surface area contributed by atoms with Crippen LogP contribution < -0.4 is 4.74 Å². The molecule has 0 bridgehead atoms. The lowest BCUT2D eigenvalue weighted by molar-refractivity contribution is 0.0284. The molecule has 3 heterocycles. The maximum absolute atomic E-state index is 6.96. The zero-order valence-electron chi connectivity index (χ0n) is 29.9. The van der Waals surface area contributed by atoms with Crippen LogP contribution in [0.5, 0.6) is 11.5 Å². The predicted molar refractivity (Wildman–Crippen MR) is 201 cm³/mol. The Kier molecular flexibility index (Phi) is 7.08. The van der Waals surface area contributed by atoms with Crippen molar-refractivity contribution >= 4 is 27.7 Å². The fraction of sp³-hybridized carbons (Fsp3) is 0.318. The minimum Gasteiger partial charge on any atom is -0.464 e. The van der Waals surface area contributed by atoms with E-state index in [-0.39, 0.29) is 11.0 Å². The van der Waals surface area contributed by atoms with Gasteiger partial charge in [-0.1, -0.05) is 62.7 Å². The van der Waals surface area contributed by atoms with Crippen LogP contribution in [-0.2, 0) is 22.2 Å². The summed E-state index contributed by atoms with van der Waals surface area (Å²) in [5.74, 6) is 3.16. The molecule has 1 aliphatic heterocycles. The average Bonchev–Trinajstić information content (AvgIpc) is 3.48. The summed E-state index contributed by atoms with van der Waals surface area (Å²) in [5.41, 5.74) is 9.53. The number of aryl methyl sites for hydroxylation is 4. The maximum atomic E-state index is 6.96. The first kappa shape index (κ1) is 31.4. The smallest absolute Gasteiger partial charge is 0.218 e. The highest BCUT2D eigenvalue weighted by atomic mass is 16.5. The number of aromatic nitrogens is 2. The molecule has 0 spiro atoms. The Hall–Kier alpha value is -4.90. The van der Waals surface area contributed by atoms with Gasteiger partial charge in [-0.05, 0) is 124 Å². The molecule has 2 aliphatic rings. The van der Waals surface area contributed by atoms with Crippen LogP contribution in [0.3, 0.4) is 0 Å². The van der Waals surface area contributed by atoms with Crippen LogP contribution in [0.2, 0.25) is 0 Å². The summed E-state index contributed by atoms with van der Waals surface area (Å²) in [4.78, 5) is 10.2. The van der Waals surface area contributed by atoms with Crippen LogP contribution in [0.4, 0.5) is 0 Å². The van der Waals surface area contributed by atoms with Gasteiger partial charge in [0.2, 0.25) is 5.90 Å². The van der Waals surface area contributed by atoms with Gasteiger partial charge in [-0.3, -0.25) is 4.57 Å². The van der Waals surface area contributed by atoms with Crippen molar-refractivity contribution in [2.24, 2.45) is 4.99 Å². The largest absolute Gasteiger partial charge is 0.464 e. The van der Waals surface area contributed by atoms with Crippen LogP contribution >= 0.6 is 0 Å². The Morgan fingerprint density at radius 1 is 0.816 bits per heavy atom. The van der Waals surface area contributed by atoms with Crippen molar-refractivity contribution in [3.63, 3.8) is 0 Å². The Morgan fingerprint density at radius 3 is 2.45 bits per heavy atom. The van der Waals surface area contributed by atoms with Gasteiger partial charge in [0, 0.05) is 34.2 Å². The number of pyridine rings is 1. The highest BCUT2D eigenvalue weighted by molar-refractivity contribution is 6.09. The molecule has 0 saturated heterocycles. The molecule has 0 amide bonds. The van der Waals surface area contributed by atoms with E-state index in [9.17, 15) is 0 Å². The first-order chi connectivity index (χ1) is 23.3. The molecule has 0 N–H and O–H groups in total. The third kappa shape index (κ3) is 5.05. The molecule has 5 heteroatoms. The van der Waals surface area contributed by atoms with E-state index >= 15 is 0 Å². The highest BCUT2D eigenvalue weighted by Gasteiger charge is 2.55. The van der Waals surface area contributed by atoms with E-state index in [1.807, 2.05) is 6.20 Å². The van der Waals surface area contributed by atoms with E-state index in [1.165, 1.54) is 33.0 Å². The summed E-state index contributed by atoms with van der Waals surface area (Å²) in [7, 11) is 0. The van der Waals surface area contributed by atoms with Crippen LogP contribution in [0.1, 0.15) is 86.4 Å². The maximum Gasteiger partial charge on any atom is 0.218 e. The van der Waals surface area contributed by atoms with Crippen molar-refractivity contribution in [2.45, 2.75) is 91.2 Å². The van der Waals surface area contributed by atoms with Gasteiger partial charge in [-0.25, -0.2) is 9.98 Å². The van der Waals surface area contributed by atoms with Crippen molar-refractivity contribution in [3.05, 3.63) is 130 Å². The number of fused-ring (bicyclic) bond motifs is 6. The van der Waals surface area contributed by atoms with Crippen LogP contribution in [0.25, 0.3) is 27.6 Å². The average molecular weight is 648 g/mol. The number of aliphatic imine (C=N–C) groups is 1. The number of ether oxygens (including phenoxy) is 2. The summed E-state index contributed by atoms with van der Waals surface area (Å²) < 4.78 is 16.0. The van der Waals surface area contributed by atoms with E-state index in [0.717, 1.165) is 64.3 Å². The lowest BCUT2D eigenvalue weighted by atomic mass is 9.76. The Labute approximate surface area is 289 Å². The standard InChI is InChI=1S/C44H45N3O2/c1-27-15-18-37-35(22-27)33-17-16-32(25-38(33)47(37)40-24-31(19-21-45-40)42(4,5)6)48-39-26-34(28(2)23-29(39)3)41-46-43(7)20-11-13-30-12-9-10-14-36(30)44(43,8)49-41/h9-10,12,14-19,21-26H,11,13,20H2,1-8H3/t43-,44+/m1/s1. The zero-order valence-corrected chi connectivity index (χ0v) is 29.9. The third-order valence-corrected chi connectivity index (χ3v) is 11.0. The second-order valence-corrected chi connectivity index (χ2v) is 15.6. The van der Waals surface area contributed by atoms with Crippen LogP contribution in [0, 0.1) is 20.8 Å². The first-order valence-corrected chi connectivity index (χ1v) is 17.5. The van der Waals surface area contributed by atoms with Crippen molar-refractivity contribution in [2.75, 3.05) is 0 Å². The van der Waals surface area contributed by atoms with Gasteiger partial charge in [0.05, 0.1) is 11.0 Å². The van der Waals surface area contributed by atoms with Gasteiger partial charge >= 0.3 is 0 Å². The number of nitrogens with zero attached hydrogens (tertiary/aromatic N) is 3. The zero-order chi connectivity index (χ0) is 34.3. The minimum absolute atomic E-state index is 0.00451. The van der Waals surface area contributed by atoms with E-state index in [4.69, 9.17) is 19.5 Å². The Morgan fingerprint density at radius 2 is 1.63 bits per heavy atom. The molecular weight excluding hydrogens is 603 g/mol. The Bertz CT molecular complexity index is 2320. The van der Waals surface area contributed by atoms with Gasteiger partial charge in [-0.2, -0.15) is 0 Å². The molecule has 2 atom stereocenters. The van der Waals surface area contributed by atoms with E-state index in [0.29, 0.717) is 5.90 Å². The van der Waals surface area contributed by atoms with Gasteiger partial charge in [0.25, 0.3) is 0 Å². The van der Waals surface area contributed by atoms with Crippen LogP contribution in [0.15, 0.2) is 96.1 Å². The summed E-state index contributed by atoms with van der Waals surface area (Å²) in [6.45, 7) is 17.6. The normalized spacial score (nSPS) is 20.4. The summed E-state index contributed by atoms with van der Waals surface area (Å²) in [5, 5.41) is 2.37. The molecule has 248 valence electrons. The molecule has 0 unspecified atom stereocenters. The number of hydrogen-bond donors (Lipinski definition) is 0. The molecule has 2 aromatic heterocycles. The molecule has 4 aromatic carbocycles. The molecular formula is C44H45N3O2. The molecule has 8 rings (SSSR count). The topological polar surface area (TPSA) is 48.6 Å². The van der Waals surface area contributed by atoms with Gasteiger partial charge in [0.15, 0.2) is 5.60 Å². The minimum atomic E-state index is -0.539.